The van der Waals surface area contributed by atoms with Crippen LogP contribution >= 0.6 is 0 Å². The van der Waals surface area contributed by atoms with Gasteiger partial charge in [0.15, 0.2) is 17.5 Å². The predicted molar refractivity (Wildman–Crippen MR) is 229 cm³/mol. The van der Waals surface area contributed by atoms with E-state index in [9.17, 15) is 6.85 Å². The lowest BCUT2D eigenvalue weighted by molar-refractivity contribution is 0.670. The van der Waals surface area contributed by atoms with E-state index in [1.807, 2.05) is 36.4 Å². The number of aromatic nitrogens is 4. The number of benzene rings is 8. The minimum Gasteiger partial charge on any atom is -0.455 e. The van der Waals surface area contributed by atoms with Crippen LogP contribution in [0.3, 0.4) is 0 Å². The van der Waals surface area contributed by atoms with E-state index in [1.165, 1.54) is 4.57 Å². The summed E-state index contributed by atoms with van der Waals surface area (Å²) >= 11 is 0. The molecule has 0 bridgehead atoms. The summed E-state index contributed by atoms with van der Waals surface area (Å²) in [4.78, 5) is 14.3. The van der Waals surface area contributed by atoms with Crippen molar-refractivity contribution in [1.82, 2.24) is 19.5 Å². The van der Waals surface area contributed by atoms with Crippen molar-refractivity contribution in [2.45, 2.75) is 0 Å². The Morgan fingerprint density at radius 2 is 1.11 bits per heavy atom. The molecule has 0 aliphatic carbocycles. The van der Waals surface area contributed by atoms with E-state index in [4.69, 9.17) is 30.8 Å². The molecule has 0 amide bonds. The first-order valence-corrected chi connectivity index (χ1v) is 17.4. The predicted octanol–water partition coefficient (Wildman–Crippen LogP) is 13.2. The van der Waals surface area contributed by atoms with Gasteiger partial charge in [-0.2, -0.15) is 0 Å². The number of hydrogen-bond acceptors (Lipinski definition) is 4. The fourth-order valence-corrected chi connectivity index (χ4v) is 6.99. The number of nitrogens with zero attached hydrogens (tertiary/aromatic N) is 4. The molecule has 262 valence electrons. The molecule has 0 unspecified atom stereocenters. The van der Waals surface area contributed by atoms with Crippen molar-refractivity contribution < 1.29 is 27.7 Å². The summed E-state index contributed by atoms with van der Waals surface area (Å²) in [6, 6.07) is 14.8. The topological polar surface area (TPSA) is 56.7 Å². The van der Waals surface area contributed by atoms with Gasteiger partial charge in [0.2, 0.25) is 0 Å². The zero-order valence-electron chi connectivity index (χ0n) is 45.9. The molecule has 0 fully saturated rings. The number of hydrogen-bond donors (Lipinski definition) is 0. The highest BCUT2D eigenvalue weighted by atomic mass is 16.3. The van der Waals surface area contributed by atoms with E-state index in [2.05, 4.69) is 4.98 Å². The van der Waals surface area contributed by atoms with Crippen LogP contribution in [-0.2, 0) is 0 Å². The third-order valence-corrected chi connectivity index (χ3v) is 9.49. The van der Waals surface area contributed by atoms with Crippen LogP contribution in [0.1, 0.15) is 23.3 Å². The lowest BCUT2D eigenvalue weighted by Crippen LogP contribution is -2.04. The second-order valence-electron chi connectivity index (χ2n) is 12.7. The normalized spacial score (nSPS) is 15.8. The molecule has 0 saturated heterocycles. The van der Waals surface area contributed by atoms with E-state index in [0.717, 1.165) is 10.8 Å². The van der Waals surface area contributed by atoms with Gasteiger partial charge in [-0.15, -0.1) is 0 Å². The quantitative estimate of drug-likeness (QED) is 0.171. The molecule has 5 nitrogen and oxygen atoms in total. The van der Waals surface area contributed by atoms with E-state index in [-0.39, 0.29) is 56.1 Å². The summed E-state index contributed by atoms with van der Waals surface area (Å²) in [7, 11) is 0. The Balaban J connectivity index is 1.33. The molecule has 0 aliphatic heterocycles. The minimum atomic E-state index is -0.762. The van der Waals surface area contributed by atoms with Gasteiger partial charge in [0, 0.05) is 43.8 Å². The van der Waals surface area contributed by atoms with Crippen LogP contribution in [-0.4, -0.2) is 19.5 Å². The molecule has 8 aromatic carbocycles. The average Bonchev–Trinajstić information content (AvgIpc) is 3.98. The standard InChI is InChI=1S/C51H32N4O/c1-4-15-33(16-5-1)36-28-30-45-43(31-36)39-21-10-12-25-44(39)55(45)46-32-37(38-23-14-24-41-40-22-11-13-26-47(40)56-48(38)41)27-29-42(46)51-53-49(34-17-6-2-7-18-34)52-50(54-51)35-19-8-3-9-20-35/h1-32H/i1D,2D,4D,5D,6D,7D,10D,12D,15D,16D,17D,18D,21D,25D,28D,30D,31D. The van der Waals surface area contributed by atoms with Crippen LogP contribution in [0, 0.1) is 0 Å². The van der Waals surface area contributed by atoms with Crippen molar-refractivity contribution >= 4 is 43.7 Å². The second kappa shape index (κ2) is 13.0. The fraction of sp³-hybridized carbons (Fsp3) is 0. The molecular weight excluding hydrogens is 685 g/mol. The van der Waals surface area contributed by atoms with Gasteiger partial charge in [-0.1, -0.05) is 157 Å². The molecule has 3 aromatic heterocycles. The zero-order valence-corrected chi connectivity index (χ0v) is 28.9. The van der Waals surface area contributed by atoms with Crippen LogP contribution in [0.4, 0.5) is 0 Å². The highest BCUT2D eigenvalue weighted by molar-refractivity contribution is 6.12. The number of rotatable bonds is 6. The van der Waals surface area contributed by atoms with Crippen LogP contribution in [0.25, 0.3) is 106 Å². The molecular formula is C51H32N4O. The molecule has 0 atom stereocenters. The molecule has 0 saturated carbocycles. The largest absolute Gasteiger partial charge is 0.455 e. The minimum absolute atomic E-state index is 0.00459. The van der Waals surface area contributed by atoms with Gasteiger partial charge in [0.05, 0.1) is 40.0 Å². The summed E-state index contributed by atoms with van der Waals surface area (Å²) in [6.07, 6.45) is 0. The smallest absolute Gasteiger partial charge is 0.166 e. The molecule has 0 spiro atoms. The molecule has 0 N–H and O–H groups in total. The average molecular weight is 734 g/mol. The van der Waals surface area contributed by atoms with Gasteiger partial charge in [0.1, 0.15) is 11.2 Å². The maximum atomic E-state index is 9.80. The lowest BCUT2D eigenvalue weighted by Gasteiger charge is -2.16. The molecule has 0 aliphatic rings. The van der Waals surface area contributed by atoms with Crippen molar-refractivity contribution in [2.24, 2.45) is 0 Å². The Labute approximate surface area is 346 Å². The highest BCUT2D eigenvalue weighted by Gasteiger charge is 2.22. The Bertz CT molecular complexity index is 4190. The Morgan fingerprint density at radius 3 is 1.95 bits per heavy atom. The number of fused-ring (bicyclic) bond motifs is 6. The third kappa shape index (κ3) is 5.29. The Morgan fingerprint density at radius 1 is 0.429 bits per heavy atom. The third-order valence-electron chi connectivity index (χ3n) is 9.49. The van der Waals surface area contributed by atoms with Gasteiger partial charge in [-0.05, 0) is 53.0 Å². The molecule has 11 aromatic rings. The van der Waals surface area contributed by atoms with E-state index in [0.29, 0.717) is 27.9 Å². The summed E-state index contributed by atoms with van der Waals surface area (Å²) in [5.74, 6) is -0.488. The van der Waals surface area contributed by atoms with Crippen molar-refractivity contribution in [3.63, 3.8) is 0 Å². The van der Waals surface area contributed by atoms with Crippen LogP contribution in [0.15, 0.2) is 198 Å². The first kappa shape index (κ1) is 19.1. The van der Waals surface area contributed by atoms with Crippen molar-refractivity contribution in [3.05, 3.63) is 194 Å². The van der Waals surface area contributed by atoms with Crippen LogP contribution in [0.5, 0.6) is 0 Å². The van der Waals surface area contributed by atoms with Gasteiger partial charge in [0.25, 0.3) is 0 Å². The monoisotopic (exact) mass is 733 g/mol. The first-order valence-electron chi connectivity index (χ1n) is 25.9. The van der Waals surface area contributed by atoms with Gasteiger partial charge < -0.3 is 8.98 Å². The molecule has 56 heavy (non-hydrogen) atoms. The molecule has 5 heteroatoms. The van der Waals surface area contributed by atoms with Crippen LogP contribution in [0.2, 0.25) is 0 Å². The van der Waals surface area contributed by atoms with E-state index >= 15 is 0 Å². The summed E-state index contributed by atoms with van der Waals surface area (Å²) < 4.78 is 159. The van der Waals surface area contributed by atoms with E-state index < -0.39 is 114 Å². The maximum Gasteiger partial charge on any atom is 0.166 e. The summed E-state index contributed by atoms with van der Waals surface area (Å²) in [5.41, 5.74) is 0.600. The lowest BCUT2D eigenvalue weighted by atomic mass is 9.99. The Kier molecular flexibility index (Phi) is 4.45. The van der Waals surface area contributed by atoms with Crippen molar-refractivity contribution in [1.29, 1.82) is 0 Å². The Hall–Kier alpha value is -7.63. The molecule has 11 rings (SSSR count). The van der Waals surface area contributed by atoms with Gasteiger partial charge in [-0.3, -0.25) is 0 Å². The van der Waals surface area contributed by atoms with Crippen LogP contribution < -0.4 is 0 Å². The SMILES string of the molecule is [2H]c1c([2H])c([2H])c(-c2nc(-c3ccccc3)nc(-c3ccc(-c4cccc5c4oc4ccccc45)cc3-n3c4c([2H])c([2H])c([2H])c([2H])c4c4c([2H])c(-c5c([2H])c([2H])c([2H])c([2H])c5[2H])c([2H])c([2H])c43)n2)c([2H])c1[2H]. The summed E-state index contributed by atoms with van der Waals surface area (Å²) in [6.45, 7) is 0. The number of furan rings is 1. The highest BCUT2D eigenvalue weighted by Crippen LogP contribution is 2.42. The maximum absolute atomic E-state index is 9.80. The van der Waals surface area contributed by atoms with Gasteiger partial charge >= 0.3 is 0 Å². The van der Waals surface area contributed by atoms with Crippen molar-refractivity contribution in [3.8, 4) is 62.1 Å². The molecule has 3 heterocycles. The summed E-state index contributed by atoms with van der Waals surface area (Å²) in [5, 5.41) is 1.00. The van der Waals surface area contributed by atoms with E-state index in [1.54, 1.807) is 54.6 Å². The second-order valence-corrected chi connectivity index (χ2v) is 12.7. The van der Waals surface area contributed by atoms with Crippen molar-refractivity contribution in [2.75, 3.05) is 0 Å². The fourth-order valence-electron chi connectivity index (χ4n) is 6.99. The zero-order chi connectivity index (χ0) is 51.8. The first-order chi connectivity index (χ1) is 34.8. The number of para-hydroxylation sites is 3. The van der Waals surface area contributed by atoms with Gasteiger partial charge in [-0.25, -0.2) is 15.0 Å². The molecule has 0 radical (unpaired) electrons.